The molecule has 0 aliphatic heterocycles. The van der Waals surface area contributed by atoms with Crippen LogP contribution in [0.4, 0.5) is 0 Å². The van der Waals surface area contributed by atoms with Crippen LogP contribution in [-0.2, 0) is 0 Å². The predicted molar refractivity (Wildman–Crippen MR) is 59.7 cm³/mol. The molecule has 0 saturated heterocycles. The van der Waals surface area contributed by atoms with Gasteiger partial charge in [-0.2, -0.15) is 0 Å². The van der Waals surface area contributed by atoms with E-state index in [-0.39, 0.29) is 0 Å². The van der Waals surface area contributed by atoms with Crippen molar-refractivity contribution in [3.63, 3.8) is 0 Å². The van der Waals surface area contributed by atoms with E-state index >= 15 is 0 Å². The average molecular weight is 216 g/mol. The molecule has 0 saturated carbocycles. The number of pyridine rings is 1. The number of aromatic amines is 1. The van der Waals surface area contributed by atoms with Crippen LogP contribution < -0.4 is 0 Å². The Morgan fingerprint density at radius 3 is 2.93 bits per heavy atom. The third-order valence-corrected chi connectivity index (χ3v) is 3.14. The number of H-pyrrole nitrogens is 1. The van der Waals surface area contributed by atoms with Crippen molar-refractivity contribution in [2.75, 3.05) is 0 Å². The Morgan fingerprint density at radius 1 is 1.20 bits per heavy atom. The normalized spacial score (nSPS) is 11.0. The van der Waals surface area contributed by atoms with Gasteiger partial charge in [-0.3, -0.25) is 0 Å². The number of nitrogens with one attached hydrogen (secondary N) is 1. The van der Waals surface area contributed by atoms with Crippen LogP contribution in [0.1, 0.15) is 5.01 Å². The van der Waals surface area contributed by atoms with E-state index in [1.165, 1.54) is 0 Å². The molecule has 3 aromatic rings. The van der Waals surface area contributed by atoms with Crippen molar-refractivity contribution in [1.29, 1.82) is 0 Å². The molecule has 0 spiro atoms. The van der Waals surface area contributed by atoms with Gasteiger partial charge in [0, 0.05) is 18.0 Å². The summed E-state index contributed by atoms with van der Waals surface area (Å²) in [5, 5.41) is 1.06. The molecule has 1 N–H and O–H groups in total. The molecule has 0 fully saturated rings. The van der Waals surface area contributed by atoms with Gasteiger partial charge in [0.2, 0.25) is 0 Å². The number of imidazole rings is 1. The fraction of sp³-hybridized carbons (Fsp3) is 0.100. The SMILES string of the molecule is Cc1ncc(-c2cnc3nc[nH]c3c2)s1. The number of fused-ring (bicyclic) bond motifs is 1. The third-order valence-electron chi connectivity index (χ3n) is 2.18. The van der Waals surface area contributed by atoms with Crippen LogP contribution in [0.2, 0.25) is 0 Å². The molecule has 74 valence electrons. The van der Waals surface area contributed by atoms with Crippen LogP contribution >= 0.6 is 11.3 Å². The molecule has 15 heavy (non-hydrogen) atoms. The van der Waals surface area contributed by atoms with Crippen LogP contribution in [0.25, 0.3) is 21.6 Å². The maximum atomic E-state index is 4.26. The summed E-state index contributed by atoms with van der Waals surface area (Å²) in [5.74, 6) is 0. The van der Waals surface area contributed by atoms with Gasteiger partial charge in [-0.1, -0.05) is 0 Å². The van der Waals surface area contributed by atoms with Gasteiger partial charge in [-0.05, 0) is 13.0 Å². The highest BCUT2D eigenvalue weighted by Gasteiger charge is 2.04. The molecule has 0 radical (unpaired) electrons. The first-order chi connectivity index (χ1) is 7.33. The maximum Gasteiger partial charge on any atom is 0.177 e. The quantitative estimate of drug-likeness (QED) is 0.679. The van der Waals surface area contributed by atoms with E-state index in [2.05, 4.69) is 19.9 Å². The van der Waals surface area contributed by atoms with Crippen LogP contribution in [0.15, 0.2) is 24.8 Å². The third kappa shape index (κ3) is 1.41. The minimum atomic E-state index is 0.750. The highest BCUT2D eigenvalue weighted by atomic mass is 32.1. The summed E-state index contributed by atoms with van der Waals surface area (Å²) in [4.78, 5) is 16.8. The van der Waals surface area contributed by atoms with Gasteiger partial charge in [-0.25, -0.2) is 15.0 Å². The van der Waals surface area contributed by atoms with Crippen molar-refractivity contribution < 1.29 is 0 Å². The van der Waals surface area contributed by atoms with Crippen molar-refractivity contribution in [2.24, 2.45) is 0 Å². The lowest BCUT2D eigenvalue weighted by Crippen LogP contribution is -1.79. The smallest absolute Gasteiger partial charge is 0.177 e. The van der Waals surface area contributed by atoms with Gasteiger partial charge in [-0.15, -0.1) is 11.3 Å². The van der Waals surface area contributed by atoms with E-state index in [1.807, 2.05) is 25.4 Å². The van der Waals surface area contributed by atoms with Gasteiger partial charge in [0.15, 0.2) is 5.65 Å². The Morgan fingerprint density at radius 2 is 2.13 bits per heavy atom. The summed E-state index contributed by atoms with van der Waals surface area (Å²) in [7, 11) is 0. The Labute approximate surface area is 90.0 Å². The summed E-state index contributed by atoms with van der Waals surface area (Å²) in [6.07, 6.45) is 5.36. The number of nitrogens with zero attached hydrogens (tertiary/aromatic N) is 3. The second kappa shape index (κ2) is 3.13. The standard InChI is InChI=1S/C10H8N4S/c1-6-11-4-9(15-6)7-2-8-10(12-3-7)14-5-13-8/h2-5H,1H3,(H,12,13,14). The van der Waals surface area contributed by atoms with Crippen molar-refractivity contribution in [3.8, 4) is 10.4 Å². The van der Waals surface area contributed by atoms with E-state index in [0.29, 0.717) is 0 Å². The maximum absolute atomic E-state index is 4.26. The second-order valence-corrected chi connectivity index (χ2v) is 4.48. The fourth-order valence-corrected chi connectivity index (χ4v) is 2.22. The Hall–Kier alpha value is -1.75. The van der Waals surface area contributed by atoms with E-state index in [9.17, 15) is 0 Å². The zero-order valence-electron chi connectivity index (χ0n) is 8.06. The van der Waals surface area contributed by atoms with E-state index in [1.54, 1.807) is 17.7 Å². The molecule has 0 unspecified atom stereocenters. The van der Waals surface area contributed by atoms with E-state index in [0.717, 1.165) is 26.6 Å². The topological polar surface area (TPSA) is 54.5 Å². The zero-order chi connectivity index (χ0) is 10.3. The molecule has 3 heterocycles. The number of aromatic nitrogens is 4. The molecule has 3 rings (SSSR count). The summed E-state index contributed by atoms with van der Waals surface area (Å²) in [6.45, 7) is 2.00. The lowest BCUT2D eigenvalue weighted by molar-refractivity contribution is 1.29. The van der Waals surface area contributed by atoms with Gasteiger partial charge in [0.05, 0.1) is 21.7 Å². The second-order valence-electron chi connectivity index (χ2n) is 3.24. The lowest BCUT2D eigenvalue weighted by atomic mass is 10.2. The Balaban J connectivity index is 2.18. The van der Waals surface area contributed by atoms with Gasteiger partial charge in [0.1, 0.15) is 0 Å². The molecule has 4 nitrogen and oxygen atoms in total. The van der Waals surface area contributed by atoms with Crippen molar-refractivity contribution in [1.82, 2.24) is 19.9 Å². The van der Waals surface area contributed by atoms with Gasteiger partial charge < -0.3 is 4.98 Å². The monoisotopic (exact) mass is 216 g/mol. The largest absolute Gasteiger partial charge is 0.343 e. The van der Waals surface area contributed by atoms with Crippen LogP contribution in [0.3, 0.4) is 0 Å². The van der Waals surface area contributed by atoms with Gasteiger partial charge in [0.25, 0.3) is 0 Å². The zero-order valence-corrected chi connectivity index (χ0v) is 8.88. The molecule has 3 aromatic heterocycles. The molecular weight excluding hydrogens is 208 g/mol. The minimum Gasteiger partial charge on any atom is -0.343 e. The molecule has 5 heteroatoms. The predicted octanol–water partition coefficient (Wildman–Crippen LogP) is 2.39. The number of rotatable bonds is 1. The number of hydrogen-bond donors (Lipinski definition) is 1. The molecule has 0 atom stereocenters. The average Bonchev–Trinajstić information content (AvgIpc) is 2.84. The number of aryl methyl sites for hydroxylation is 1. The van der Waals surface area contributed by atoms with Crippen LogP contribution in [-0.4, -0.2) is 19.9 Å². The molecule has 0 amide bonds. The first-order valence-corrected chi connectivity index (χ1v) is 5.36. The highest BCUT2D eigenvalue weighted by molar-refractivity contribution is 7.15. The van der Waals surface area contributed by atoms with E-state index < -0.39 is 0 Å². The van der Waals surface area contributed by atoms with Crippen molar-refractivity contribution in [3.05, 3.63) is 29.8 Å². The Kier molecular flexibility index (Phi) is 1.78. The minimum absolute atomic E-state index is 0.750. The summed E-state index contributed by atoms with van der Waals surface area (Å²) in [5.41, 5.74) is 2.79. The lowest BCUT2D eigenvalue weighted by Gasteiger charge is -1.94. The van der Waals surface area contributed by atoms with Crippen LogP contribution in [0, 0.1) is 6.92 Å². The summed E-state index contributed by atoms with van der Waals surface area (Å²) < 4.78 is 0. The molecule has 0 aromatic carbocycles. The highest BCUT2D eigenvalue weighted by Crippen LogP contribution is 2.26. The number of hydrogen-bond acceptors (Lipinski definition) is 4. The molecule has 0 aliphatic carbocycles. The van der Waals surface area contributed by atoms with Crippen molar-refractivity contribution in [2.45, 2.75) is 6.92 Å². The van der Waals surface area contributed by atoms with E-state index in [4.69, 9.17) is 0 Å². The first kappa shape index (κ1) is 8.55. The van der Waals surface area contributed by atoms with Crippen LogP contribution in [0.5, 0.6) is 0 Å². The first-order valence-electron chi connectivity index (χ1n) is 4.55. The molecule has 0 aliphatic rings. The van der Waals surface area contributed by atoms with Gasteiger partial charge >= 0.3 is 0 Å². The summed E-state index contributed by atoms with van der Waals surface area (Å²) >= 11 is 1.67. The summed E-state index contributed by atoms with van der Waals surface area (Å²) in [6, 6.07) is 2.04. The molecular formula is C10H8N4S. The Bertz CT molecular complexity index is 610. The molecule has 0 bridgehead atoms. The fourth-order valence-electron chi connectivity index (χ4n) is 1.46. The van der Waals surface area contributed by atoms with Crippen molar-refractivity contribution >= 4 is 22.5 Å². The number of thiazole rings is 1.